The molecule has 0 amide bonds. The first-order chi connectivity index (χ1) is 27.1. The van der Waals surface area contributed by atoms with Gasteiger partial charge in [-0.2, -0.15) is 0 Å². The third-order valence-electron chi connectivity index (χ3n) is 9.76. The van der Waals surface area contributed by atoms with Gasteiger partial charge in [0.05, 0.1) is 38.6 Å². The van der Waals surface area contributed by atoms with Crippen LogP contribution in [-0.2, 0) is 66.3 Å². The molecule has 5 atom stereocenters. The number of carbonyl (C=O) groups excluding carboxylic acids is 1. The van der Waals surface area contributed by atoms with Crippen molar-refractivity contribution in [2.24, 2.45) is 0 Å². The van der Waals surface area contributed by atoms with Crippen LogP contribution in [-0.4, -0.2) is 66.1 Å². The largest absolute Gasteiger partial charge is 0.485 e. The minimum Gasteiger partial charge on any atom is -0.485 e. The van der Waals surface area contributed by atoms with Gasteiger partial charge in [-0.25, -0.2) is 4.79 Å². The van der Waals surface area contributed by atoms with Crippen LogP contribution in [0.1, 0.15) is 27.8 Å². The molecule has 0 bridgehead atoms. The minimum absolute atomic E-state index is 0.0406. The number of hydrogen-bond donors (Lipinski definition) is 1. The second-order valence-electron chi connectivity index (χ2n) is 13.8. The lowest BCUT2D eigenvalue weighted by molar-refractivity contribution is -0.148. The van der Waals surface area contributed by atoms with E-state index in [-0.39, 0.29) is 43.4 Å². The van der Waals surface area contributed by atoms with Crippen molar-refractivity contribution in [2.45, 2.75) is 63.5 Å². The van der Waals surface area contributed by atoms with Crippen molar-refractivity contribution in [3.8, 4) is 0 Å². The van der Waals surface area contributed by atoms with E-state index in [0.29, 0.717) is 33.0 Å². The third kappa shape index (κ3) is 10.5. The van der Waals surface area contributed by atoms with Gasteiger partial charge in [-0.1, -0.05) is 152 Å². The number of rotatable bonds is 19. The monoisotopic (exact) mass is 741 g/mol. The van der Waals surface area contributed by atoms with E-state index in [4.69, 9.17) is 28.4 Å². The zero-order chi connectivity index (χ0) is 37.7. The van der Waals surface area contributed by atoms with Crippen molar-refractivity contribution < 1.29 is 38.3 Å². The topological polar surface area (TPSA) is 95.9 Å². The molecule has 2 aliphatic rings. The summed E-state index contributed by atoms with van der Waals surface area (Å²) in [5.41, 5.74) is 4.92. The number of likely N-dealkylation sites (tertiary alicyclic amines) is 1. The van der Waals surface area contributed by atoms with Gasteiger partial charge >= 0.3 is 5.97 Å². The molecule has 5 aromatic rings. The molecule has 5 aromatic carbocycles. The van der Waals surface area contributed by atoms with Crippen LogP contribution in [0.25, 0.3) is 0 Å². The van der Waals surface area contributed by atoms with E-state index < -0.39 is 24.3 Å². The number of carbonyl (C=O) groups is 1. The molecule has 1 saturated heterocycles. The van der Waals surface area contributed by atoms with E-state index in [1.807, 2.05) is 152 Å². The highest BCUT2D eigenvalue weighted by molar-refractivity contribution is 5.89. The predicted molar refractivity (Wildman–Crippen MR) is 207 cm³/mol. The van der Waals surface area contributed by atoms with Gasteiger partial charge in [-0.15, -0.1) is 0 Å². The predicted octanol–water partition coefficient (Wildman–Crippen LogP) is 6.99. The molecular weight excluding hydrogens is 695 g/mol. The number of β-amino-alcohol motifs (C(OH)–C–C–N with tert-alkyl or cyclic N) is 1. The van der Waals surface area contributed by atoms with Crippen molar-refractivity contribution in [2.75, 3.05) is 19.7 Å². The van der Waals surface area contributed by atoms with Crippen LogP contribution < -0.4 is 0 Å². The summed E-state index contributed by atoms with van der Waals surface area (Å²) >= 11 is 0. The molecule has 1 fully saturated rings. The molecular formula is C46H47NO8. The number of cyclic esters (lactones) is 1. The molecule has 0 spiro atoms. The Bertz CT molecular complexity index is 1930. The van der Waals surface area contributed by atoms with Gasteiger partial charge in [0, 0.05) is 13.1 Å². The van der Waals surface area contributed by atoms with Crippen LogP contribution in [0.4, 0.5) is 0 Å². The smallest absolute Gasteiger partial charge is 0.378 e. The SMILES string of the molecule is O=C1O[C@H]([C@@H](O)CN2C[C@@H](OCc3ccccc3)[C@H](OCc3ccccc3)[C@H]2COCc2ccccc2)C(OCc2ccccc2)=C1OCc1ccccc1. The molecule has 0 radical (unpaired) electrons. The summed E-state index contributed by atoms with van der Waals surface area (Å²) in [7, 11) is 0. The maximum Gasteiger partial charge on any atom is 0.378 e. The standard InChI is InChI=1S/C46H47NO8/c48-40(43-44(53-31-37-22-12-4-13-23-37)45(46(49)55-43)54-32-38-24-14-5-15-25-38)26-47-27-41(51-29-35-18-8-2-9-19-35)42(52-30-36-20-10-3-11-21-36)39(47)33-50-28-34-16-6-1-7-17-34/h1-25,39-43,48H,26-33H2/t39-,40+,41-,42-,43-/m1/s1. The summed E-state index contributed by atoms with van der Waals surface area (Å²) < 4.78 is 37.8. The van der Waals surface area contributed by atoms with E-state index in [2.05, 4.69) is 4.90 Å². The second kappa shape index (κ2) is 19.3. The van der Waals surface area contributed by atoms with Crippen molar-refractivity contribution in [1.82, 2.24) is 4.90 Å². The number of esters is 1. The van der Waals surface area contributed by atoms with E-state index in [9.17, 15) is 9.90 Å². The molecule has 0 unspecified atom stereocenters. The lowest BCUT2D eigenvalue weighted by atomic mass is 10.1. The Morgan fingerprint density at radius 2 is 1.05 bits per heavy atom. The Morgan fingerprint density at radius 3 is 1.58 bits per heavy atom. The fourth-order valence-corrected chi connectivity index (χ4v) is 6.90. The summed E-state index contributed by atoms with van der Waals surface area (Å²) in [4.78, 5) is 15.5. The molecule has 55 heavy (non-hydrogen) atoms. The third-order valence-corrected chi connectivity index (χ3v) is 9.76. The fraction of sp³-hybridized carbons (Fsp3) is 0.283. The van der Waals surface area contributed by atoms with Crippen LogP contribution in [0.2, 0.25) is 0 Å². The average molecular weight is 742 g/mol. The number of hydrogen-bond acceptors (Lipinski definition) is 9. The highest BCUT2D eigenvalue weighted by atomic mass is 16.6. The van der Waals surface area contributed by atoms with Crippen LogP contribution in [0.3, 0.4) is 0 Å². The zero-order valence-electron chi connectivity index (χ0n) is 30.7. The second-order valence-corrected chi connectivity index (χ2v) is 13.8. The van der Waals surface area contributed by atoms with Crippen LogP contribution >= 0.6 is 0 Å². The van der Waals surface area contributed by atoms with Crippen LogP contribution in [0.5, 0.6) is 0 Å². The Kier molecular flexibility index (Phi) is 13.4. The van der Waals surface area contributed by atoms with Gasteiger partial charge in [-0.05, 0) is 27.8 Å². The normalized spacial score (nSPS) is 20.3. The molecule has 2 heterocycles. The van der Waals surface area contributed by atoms with Gasteiger partial charge in [0.1, 0.15) is 25.4 Å². The van der Waals surface area contributed by atoms with E-state index in [1.165, 1.54) is 0 Å². The average Bonchev–Trinajstić information content (AvgIpc) is 3.74. The maximum atomic E-state index is 13.4. The van der Waals surface area contributed by atoms with Crippen molar-refractivity contribution in [3.63, 3.8) is 0 Å². The van der Waals surface area contributed by atoms with Gasteiger partial charge in [-0.3, -0.25) is 4.90 Å². The lowest BCUT2D eigenvalue weighted by Gasteiger charge is -2.31. The molecule has 2 aliphatic heterocycles. The van der Waals surface area contributed by atoms with Crippen LogP contribution in [0, 0.1) is 0 Å². The molecule has 9 heteroatoms. The maximum absolute atomic E-state index is 13.4. The summed E-state index contributed by atoms with van der Waals surface area (Å²) in [5.74, 6) is -0.552. The number of aliphatic hydroxyl groups is 1. The number of nitrogens with zero attached hydrogens (tertiary/aromatic N) is 1. The molecule has 1 N–H and O–H groups in total. The minimum atomic E-state index is -1.17. The molecule has 7 rings (SSSR count). The fourth-order valence-electron chi connectivity index (χ4n) is 6.90. The van der Waals surface area contributed by atoms with E-state index >= 15 is 0 Å². The van der Waals surface area contributed by atoms with Crippen molar-refractivity contribution >= 4 is 5.97 Å². The van der Waals surface area contributed by atoms with Gasteiger partial charge in [0.15, 0.2) is 11.9 Å². The Labute approximate surface area is 322 Å². The van der Waals surface area contributed by atoms with Gasteiger partial charge in [0.25, 0.3) is 0 Å². The highest BCUT2D eigenvalue weighted by Gasteiger charge is 2.48. The van der Waals surface area contributed by atoms with E-state index in [0.717, 1.165) is 27.8 Å². The van der Waals surface area contributed by atoms with Crippen LogP contribution in [0.15, 0.2) is 163 Å². The Balaban J connectivity index is 1.13. The zero-order valence-corrected chi connectivity index (χ0v) is 30.7. The van der Waals surface area contributed by atoms with Crippen molar-refractivity contribution in [3.05, 3.63) is 191 Å². The Morgan fingerprint density at radius 1 is 0.600 bits per heavy atom. The Hall–Kier alpha value is -5.29. The number of ether oxygens (including phenoxy) is 6. The summed E-state index contributed by atoms with van der Waals surface area (Å²) in [6.07, 6.45) is -3.01. The van der Waals surface area contributed by atoms with Crippen molar-refractivity contribution in [1.29, 1.82) is 0 Å². The molecule has 0 aliphatic carbocycles. The van der Waals surface area contributed by atoms with Gasteiger partial charge < -0.3 is 33.5 Å². The first kappa shape index (κ1) is 38.0. The molecule has 0 saturated carbocycles. The quantitative estimate of drug-likeness (QED) is 0.0900. The highest BCUT2D eigenvalue weighted by Crippen LogP contribution is 2.32. The first-order valence-corrected chi connectivity index (χ1v) is 18.7. The number of aliphatic hydroxyl groups excluding tert-OH is 1. The molecule has 0 aromatic heterocycles. The van der Waals surface area contributed by atoms with E-state index in [1.54, 1.807) is 0 Å². The lowest BCUT2D eigenvalue weighted by Crippen LogP contribution is -2.47. The summed E-state index contributed by atoms with van der Waals surface area (Å²) in [6, 6.07) is 49.0. The molecule has 284 valence electrons. The van der Waals surface area contributed by atoms with Gasteiger partial charge in [0.2, 0.25) is 5.76 Å². The summed E-state index contributed by atoms with van der Waals surface area (Å²) in [5, 5.41) is 12.0. The molecule has 9 nitrogen and oxygen atoms in total. The summed E-state index contributed by atoms with van der Waals surface area (Å²) in [6.45, 7) is 2.38. The first-order valence-electron chi connectivity index (χ1n) is 18.7. The number of benzene rings is 5.